The molecular weight excluding hydrogens is 278 g/mol. The molecule has 1 saturated heterocycles. The van der Waals surface area contributed by atoms with Crippen LogP contribution in [0.4, 0.5) is 0 Å². The minimum atomic E-state index is -0.0672. The molecule has 3 aliphatic heterocycles. The summed E-state index contributed by atoms with van der Waals surface area (Å²) in [5.41, 5.74) is 0. The molecule has 0 bridgehead atoms. The van der Waals surface area contributed by atoms with Gasteiger partial charge in [0, 0.05) is 29.0 Å². The summed E-state index contributed by atoms with van der Waals surface area (Å²) in [6.07, 6.45) is 6.08. The van der Waals surface area contributed by atoms with Crippen LogP contribution >= 0.6 is 23.5 Å². The minimum absolute atomic E-state index is 0.0672. The fraction of sp³-hybridized carbons (Fsp3) is 0.643. The molecule has 0 aromatic rings. The first kappa shape index (κ1) is 13.6. The highest BCUT2D eigenvalue weighted by Crippen LogP contribution is 2.48. The number of hydrogen-bond donors (Lipinski definition) is 0. The molecule has 5 heteroatoms. The second-order valence-corrected chi connectivity index (χ2v) is 7.16. The van der Waals surface area contributed by atoms with E-state index >= 15 is 0 Å². The predicted molar refractivity (Wildman–Crippen MR) is 81.2 cm³/mol. The topological polar surface area (TPSA) is 29.5 Å². The highest BCUT2D eigenvalue weighted by Gasteiger charge is 2.49. The van der Waals surface area contributed by atoms with Gasteiger partial charge >= 0.3 is 5.97 Å². The van der Waals surface area contributed by atoms with Crippen LogP contribution < -0.4 is 0 Å². The van der Waals surface area contributed by atoms with Crippen molar-refractivity contribution in [2.24, 2.45) is 0 Å². The zero-order valence-corrected chi connectivity index (χ0v) is 12.7. The normalized spacial score (nSPS) is 35.6. The Labute approximate surface area is 122 Å². The highest BCUT2D eigenvalue weighted by atomic mass is 32.2. The van der Waals surface area contributed by atoms with Gasteiger partial charge in [-0.1, -0.05) is 12.2 Å². The summed E-state index contributed by atoms with van der Waals surface area (Å²) < 4.78 is 4.99. The molecule has 0 radical (unpaired) electrons. The molecule has 0 saturated carbocycles. The highest BCUT2D eigenvalue weighted by molar-refractivity contribution is 8.07. The molecule has 3 aliphatic rings. The number of carbonyl (C=O) groups excluding carboxylic acids is 1. The van der Waals surface area contributed by atoms with Crippen LogP contribution in [0.2, 0.25) is 0 Å². The van der Waals surface area contributed by atoms with E-state index in [4.69, 9.17) is 4.74 Å². The molecule has 1 fully saturated rings. The minimum Gasteiger partial charge on any atom is -0.466 e. The summed E-state index contributed by atoms with van der Waals surface area (Å²) in [7, 11) is 0. The average molecular weight is 297 g/mol. The Hall–Kier alpha value is -0.390. The van der Waals surface area contributed by atoms with Gasteiger partial charge in [0.15, 0.2) is 0 Å². The number of hydrogen-bond acceptors (Lipinski definition) is 5. The van der Waals surface area contributed by atoms with Crippen LogP contribution in [0, 0.1) is 0 Å². The van der Waals surface area contributed by atoms with Crippen molar-refractivity contribution in [2.45, 2.75) is 42.3 Å². The summed E-state index contributed by atoms with van der Waals surface area (Å²) in [6, 6.07) is 1.11. The first-order valence-corrected chi connectivity index (χ1v) is 8.75. The summed E-state index contributed by atoms with van der Waals surface area (Å²) in [4.78, 5) is 14.0. The average Bonchev–Trinajstić information content (AvgIpc) is 3.05. The molecule has 4 unspecified atom stereocenters. The number of carbonyl (C=O) groups is 1. The van der Waals surface area contributed by atoms with Crippen LogP contribution in [0.1, 0.15) is 19.8 Å². The fourth-order valence-electron chi connectivity index (χ4n) is 3.09. The van der Waals surface area contributed by atoms with Crippen molar-refractivity contribution in [3.63, 3.8) is 0 Å². The van der Waals surface area contributed by atoms with Gasteiger partial charge in [0.2, 0.25) is 0 Å². The van der Waals surface area contributed by atoms with Crippen molar-refractivity contribution in [3.8, 4) is 0 Å². The van der Waals surface area contributed by atoms with Crippen LogP contribution in [0.25, 0.3) is 0 Å². The number of ether oxygens (including phenoxy) is 1. The van der Waals surface area contributed by atoms with Crippen molar-refractivity contribution in [2.75, 3.05) is 13.2 Å². The quantitative estimate of drug-likeness (QED) is 0.728. The number of esters is 1. The third kappa shape index (κ3) is 2.60. The van der Waals surface area contributed by atoms with Gasteiger partial charge in [0.1, 0.15) is 0 Å². The van der Waals surface area contributed by atoms with E-state index in [9.17, 15) is 4.79 Å². The molecule has 19 heavy (non-hydrogen) atoms. The van der Waals surface area contributed by atoms with Gasteiger partial charge in [-0.15, -0.1) is 23.5 Å². The molecule has 4 atom stereocenters. The molecule has 0 amide bonds. The third-order valence-corrected chi connectivity index (χ3v) is 6.46. The van der Waals surface area contributed by atoms with Gasteiger partial charge in [-0.05, 0) is 30.7 Å². The summed E-state index contributed by atoms with van der Waals surface area (Å²) in [5.74, 6) is -0.0672. The maximum atomic E-state index is 11.4. The number of rotatable bonds is 5. The second kappa shape index (κ2) is 5.94. The molecule has 0 spiro atoms. The van der Waals surface area contributed by atoms with E-state index in [1.165, 1.54) is 0 Å². The summed E-state index contributed by atoms with van der Waals surface area (Å²) in [5, 5.41) is 5.85. The van der Waals surface area contributed by atoms with Crippen molar-refractivity contribution in [1.29, 1.82) is 0 Å². The van der Waals surface area contributed by atoms with Crippen LogP contribution in [0.3, 0.4) is 0 Å². The Balaban J connectivity index is 1.56. The van der Waals surface area contributed by atoms with E-state index in [0.29, 0.717) is 35.6 Å². The number of fused-ring (bicyclic) bond motifs is 3. The number of likely N-dealkylation sites (tertiary alicyclic amines) is 1. The fourth-order valence-corrected chi connectivity index (χ4v) is 5.79. The largest absolute Gasteiger partial charge is 0.466 e. The first-order valence-electron chi connectivity index (χ1n) is 6.87. The van der Waals surface area contributed by atoms with E-state index in [1.54, 1.807) is 0 Å². The van der Waals surface area contributed by atoms with E-state index in [1.807, 2.05) is 30.4 Å². The lowest BCUT2D eigenvalue weighted by Gasteiger charge is -2.25. The Morgan fingerprint density at radius 2 is 1.84 bits per heavy atom. The maximum Gasteiger partial charge on any atom is 0.305 e. The van der Waals surface area contributed by atoms with Crippen LogP contribution in [0.5, 0.6) is 0 Å². The molecule has 0 N–H and O–H groups in total. The van der Waals surface area contributed by atoms with E-state index in [0.717, 1.165) is 13.0 Å². The van der Waals surface area contributed by atoms with Gasteiger partial charge in [-0.3, -0.25) is 9.69 Å². The Kier molecular flexibility index (Phi) is 4.24. The Bertz CT molecular complexity index is 384. The monoisotopic (exact) mass is 297 g/mol. The van der Waals surface area contributed by atoms with E-state index in [2.05, 4.69) is 27.9 Å². The van der Waals surface area contributed by atoms with Crippen LogP contribution in [-0.4, -0.2) is 46.6 Å². The zero-order chi connectivity index (χ0) is 13.2. The number of nitrogens with zero attached hydrogens (tertiary/aromatic N) is 1. The SMILES string of the molecule is CCOC(=O)CCCN1C2C=CSC2C2SC=CC21. The van der Waals surface area contributed by atoms with Gasteiger partial charge in [0.05, 0.1) is 6.61 Å². The first-order chi connectivity index (χ1) is 9.31. The van der Waals surface area contributed by atoms with Gasteiger partial charge in [0.25, 0.3) is 0 Å². The van der Waals surface area contributed by atoms with Crippen LogP contribution in [0.15, 0.2) is 23.0 Å². The predicted octanol–water partition coefficient (Wildman–Crippen LogP) is 2.64. The van der Waals surface area contributed by atoms with Gasteiger partial charge < -0.3 is 4.74 Å². The molecule has 104 valence electrons. The van der Waals surface area contributed by atoms with Crippen molar-refractivity contribution >= 4 is 29.5 Å². The lowest BCUT2D eigenvalue weighted by Crippen LogP contribution is -2.36. The van der Waals surface area contributed by atoms with E-state index in [-0.39, 0.29) is 5.97 Å². The molecule has 0 aromatic carbocycles. The smallest absolute Gasteiger partial charge is 0.305 e. The van der Waals surface area contributed by atoms with E-state index < -0.39 is 0 Å². The molecule has 0 aliphatic carbocycles. The van der Waals surface area contributed by atoms with Gasteiger partial charge in [-0.2, -0.15) is 0 Å². The van der Waals surface area contributed by atoms with Crippen molar-refractivity contribution in [1.82, 2.24) is 4.90 Å². The lowest BCUT2D eigenvalue weighted by atomic mass is 10.2. The van der Waals surface area contributed by atoms with Crippen LogP contribution in [-0.2, 0) is 9.53 Å². The van der Waals surface area contributed by atoms with Gasteiger partial charge in [-0.25, -0.2) is 0 Å². The van der Waals surface area contributed by atoms with Crippen molar-refractivity contribution in [3.05, 3.63) is 23.0 Å². The maximum absolute atomic E-state index is 11.4. The third-order valence-electron chi connectivity index (χ3n) is 3.89. The molecule has 0 aromatic heterocycles. The summed E-state index contributed by atoms with van der Waals surface area (Å²) in [6.45, 7) is 3.32. The molecule has 3 nitrogen and oxygen atoms in total. The summed E-state index contributed by atoms with van der Waals surface area (Å²) >= 11 is 3.93. The molecule has 3 rings (SSSR count). The Morgan fingerprint density at radius 3 is 2.42 bits per heavy atom. The van der Waals surface area contributed by atoms with Crippen molar-refractivity contribution < 1.29 is 9.53 Å². The standard InChI is InChI=1S/C14H19NO2S2/c1-2-17-12(16)4-3-7-15-10-5-8-18-13(10)14-11(15)6-9-19-14/h5-6,8-11,13-14H,2-4,7H2,1H3. The second-order valence-electron chi connectivity index (χ2n) is 4.99. The lowest BCUT2D eigenvalue weighted by molar-refractivity contribution is -0.143. The number of thioether (sulfide) groups is 2. The molecular formula is C14H19NO2S2. The molecule has 3 heterocycles. The Morgan fingerprint density at radius 1 is 1.21 bits per heavy atom. The zero-order valence-electron chi connectivity index (χ0n) is 11.0.